The number of nitrogens with one attached hydrogen (secondary N) is 2. The molecule has 1 saturated heterocycles. The maximum atomic E-state index is 13.4. The second-order valence-electron chi connectivity index (χ2n) is 15.5. The molecule has 2 unspecified atom stereocenters. The molecule has 1 aromatic carbocycles. The molecule has 1 aliphatic heterocycles. The number of nitrogens with zero attached hydrogens (tertiary/aromatic N) is 2. The molecule has 1 heterocycles. The molecule has 0 bridgehead atoms. The zero-order valence-electron chi connectivity index (χ0n) is 31.1. The normalized spacial score (nSPS) is 22.3. The van der Waals surface area contributed by atoms with Crippen molar-refractivity contribution in [3.05, 3.63) is 83.5 Å². The van der Waals surface area contributed by atoms with E-state index in [9.17, 15) is 19.5 Å². The Hall–Kier alpha value is -4.07. The van der Waals surface area contributed by atoms with Crippen molar-refractivity contribution >= 4 is 30.2 Å². The summed E-state index contributed by atoms with van der Waals surface area (Å²) in [4.78, 5) is 44.0. The minimum absolute atomic E-state index is 0.0252. The number of rotatable bonds is 18. The lowest BCUT2D eigenvalue weighted by molar-refractivity contribution is -0.154. The summed E-state index contributed by atoms with van der Waals surface area (Å²) in [6, 6.07) is 6.84. The van der Waals surface area contributed by atoms with Crippen LogP contribution in [0.2, 0.25) is 0 Å². The van der Waals surface area contributed by atoms with Crippen molar-refractivity contribution < 1.29 is 19.5 Å². The molecule has 1 saturated carbocycles. The van der Waals surface area contributed by atoms with Gasteiger partial charge in [0.05, 0.1) is 12.5 Å². The molecule has 8 nitrogen and oxygen atoms in total. The van der Waals surface area contributed by atoms with Crippen LogP contribution >= 0.6 is 0 Å². The minimum atomic E-state index is -0.928. The van der Waals surface area contributed by atoms with Crippen molar-refractivity contribution in [3.63, 3.8) is 0 Å². The minimum Gasteiger partial charge on any atom is -0.481 e. The Balaban J connectivity index is 1.32. The molecule has 0 radical (unpaired) electrons. The average molecular weight is 697 g/mol. The highest BCUT2D eigenvalue weighted by Crippen LogP contribution is 2.41. The van der Waals surface area contributed by atoms with Crippen LogP contribution in [0, 0.1) is 40.9 Å². The van der Waals surface area contributed by atoms with Crippen LogP contribution in [0.25, 0.3) is 0 Å². The summed E-state index contributed by atoms with van der Waals surface area (Å²) in [5, 5.41) is 20.2. The van der Waals surface area contributed by atoms with Gasteiger partial charge in [0.25, 0.3) is 5.91 Å². The summed E-state index contributed by atoms with van der Waals surface area (Å²) < 4.78 is 0. The molecule has 3 aliphatic rings. The van der Waals surface area contributed by atoms with Crippen LogP contribution in [0.4, 0.5) is 0 Å². The van der Waals surface area contributed by atoms with Crippen molar-refractivity contribution in [2.45, 2.75) is 97.4 Å². The highest BCUT2D eigenvalue weighted by Gasteiger charge is 2.39. The third kappa shape index (κ3) is 12.0. The Morgan fingerprint density at radius 2 is 1.75 bits per heavy atom. The third-order valence-electron chi connectivity index (χ3n) is 11.0. The van der Waals surface area contributed by atoms with E-state index in [4.69, 9.17) is 10.4 Å². The van der Waals surface area contributed by atoms with E-state index in [2.05, 4.69) is 45.3 Å². The van der Waals surface area contributed by atoms with Crippen LogP contribution in [0.1, 0.15) is 96.1 Å². The maximum Gasteiger partial charge on any atom is 0.310 e. The van der Waals surface area contributed by atoms with E-state index >= 15 is 0 Å². The molecular weight excluding hydrogens is 636 g/mol. The predicted octanol–water partition coefficient (Wildman–Crippen LogP) is 7.99. The number of carboxylic acids is 1. The van der Waals surface area contributed by atoms with Crippen LogP contribution in [0.3, 0.4) is 0 Å². The molecule has 3 N–H and O–H groups in total. The summed E-state index contributed by atoms with van der Waals surface area (Å²) in [5.41, 5.74) is 4.22. The van der Waals surface area contributed by atoms with Gasteiger partial charge in [-0.15, -0.1) is 0 Å². The second kappa shape index (κ2) is 19.5. The van der Waals surface area contributed by atoms with Gasteiger partial charge in [-0.3, -0.25) is 19.4 Å². The molecule has 2 amide bonds. The Kier molecular flexibility index (Phi) is 15.2. The lowest BCUT2D eigenvalue weighted by atomic mass is 9.70. The quantitative estimate of drug-likeness (QED) is 0.0623. The molecule has 1 aromatic rings. The van der Waals surface area contributed by atoms with Crippen LogP contribution in [0.5, 0.6) is 0 Å². The van der Waals surface area contributed by atoms with E-state index in [-0.39, 0.29) is 36.9 Å². The fourth-order valence-electron chi connectivity index (χ4n) is 7.89. The van der Waals surface area contributed by atoms with Crippen LogP contribution in [-0.4, -0.2) is 65.9 Å². The highest BCUT2D eigenvalue weighted by atomic mass is 16.4. The SMILES string of the molecule is C=C(/C=C\C(=C)C(=O)N[C@@H](Cc1ccc(C=NCC(C=N)C2=CCC(C3CCC(CCC)CC3)CC2)cc1)C(=O)N1CC(C(=O)O)C1)CC(C)C. The average Bonchev–Trinajstić information content (AvgIpc) is 3.09. The number of aliphatic imine (C=N–C) groups is 1. The Morgan fingerprint density at radius 3 is 2.33 bits per heavy atom. The molecule has 276 valence electrons. The number of aliphatic carboxylic acids is 1. The molecule has 8 heteroatoms. The fraction of sp³-hybridized carbons (Fsp3) is 0.558. The standard InChI is InChI=1S/C43H60N4O4/c1-6-7-32-14-16-35(17-15-32)36-18-20-37(21-19-36)38(24-44)26-45-25-34-12-10-33(11-13-34)23-40(42(49)47-27-39(28-47)43(50)51)46-41(48)31(5)9-8-30(4)22-29(2)3/h8-13,20,24-25,29,32,35-36,38-40,44H,4-7,14-19,21-23,26-28H2,1-3H3,(H,46,48)(H,50,51)/b9-8-,44-24?,45-25?/t32?,35?,36?,38?,40-/m0/s1. The summed E-state index contributed by atoms with van der Waals surface area (Å²) in [6.45, 7) is 15.2. The van der Waals surface area contributed by atoms with E-state index in [1.807, 2.05) is 30.5 Å². The summed E-state index contributed by atoms with van der Waals surface area (Å²) >= 11 is 0. The Bertz CT molecular complexity index is 1480. The van der Waals surface area contributed by atoms with Gasteiger partial charge in [-0.05, 0) is 79.4 Å². The lowest BCUT2D eigenvalue weighted by Gasteiger charge is -2.39. The van der Waals surface area contributed by atoms with Gasteiger partial charge >= 0.3 is 5.97 Å². The molecule has 3 atom stereocenters. The van der Waals surface area contributed by atoms with Gasteiger partial charge in [-0.1, -0.05) is 107 Å². The van der Waals surface area contributed by atoms with E-state index in [1.165, 1.54) is 61.6 Å². The number of carbonyl (C=O) groups is 3. The monoisotopic (exact) mass is 696 g/mol. The number of carboxylic acid groups (broad SMARTS) is 1. The van der Waals surface area contributed by atoms with E-state index in [0.717, 1.165) is 53.7 Å². The zero-order chi connectivity index (χ0) is 36.9. The van der Waals surface area contributed by atoms with Gasteiger partial charge < -0.3 is 20.7 Å². The lowest BCUT2D eigenvalue weighted by Crippen LogP contribution is -2.59. The van der Waals surface area contributed by atoms with Crippen LogP contribution < -0.4 is 5.32 Å². The van der Waals surface area contributed by atoms with Crippen molar-refractivity contribution in [1.82, 2.24) is 10.2 Å². The van der Waals surface area contributed by atoms with E-state index in [1.54, 1.807) is 12.2 Å². The molecule has 2 aliphatic carbocycles. The van der Waals surface area contributed by atoms with Gasteiger partial charge in [-0.2, -0.15) is 0 Å². The predicted molar refractivity (Wildman–Crippen MR) is 207 cm³/mol. The maximum absolute atomic E-state index is 13.4. The number of hydrogen-bond donors (Lipinski definition) is 3. The fourth-order valence-corrected chi connectivity index (χ4v) is 7.89. The first-order valence-corrected chi connectivity index (χ1v) is 19.1. The topological polar surface area (TPSA) is 123 Å². The van der Waals surface area contributed by atoms with Gasteiger partial charge in [-0.25, -0.2) is 0 Å². The van der Waals surface area contributed by atoms with Crippen molar-refractivity contribution in [3.8, 4) is 0 Å². The summed E-state index contributed by atoms with van der Waals surface area (Å²) in [5.74, 6) is 0.764. The Morgan fingerprint density at radius 1 is 1.04 bits per heavy atom. The molecule has 2 fully saturated rings. The first kappa shape index (κ1) is 39.7. The number of benzene rings is 1. The highest BCUT2D eigenvalue weighted by molar-refractivity contribution is 5.99. The second-order valence-corrected chi connectivity index (χ2v) is 15.5. The van der Waals surface area contributed by atoms with Crippen molar-refractivity contribution in [2.24, 2.45) is 40.5 Å². The number of hydrogen-bond acceptors (Lipinski definition) is 5. The van der Waals surface area contributed by atoms with Crippen molar-refractivity contribution in [2.75, 3.05) is 19.6 Å². The number of carbonyl (C=O) groups excluding carboxylic acids is 2. The van der Waals surface area contributed by atoms with Crippen molar-refractivity contribution in [1.29, 1.82) is 5.41 Å². The Labute approximate surface area is 305 Å². The number of amides is 2. The largest absolute Gasteiger partial charge is 0.481 e. The summed E-state index contributed by atoms with van der Waals surface area (Å²) in [6.07, 6.45) is 21.9. The van der Waals surface area contributed by atoms with E-state index < -0.39 is 23.8 Å². The number of likely N-dealkylation sites (tertiary alicyclic amines) is 1. The first-order chi connectivity index (χ1) is 24.5. The summed E-state index contributed by atoms with van der Waals surface area (Å²) in [7, 11) is 0. The molecule has 0 aromatic heterocycles. The van der Waals surface area contributed by atoms with Crippen LogP contribution in [0.15, 0.2) is 77.4 Å². The van der Waals surface area contributed by atoms with Gasteiger partial charge in [0, 0.05) is 43.4 Å². The van der Waals surface area contributed by atoms with Gasteiger partial charge in [0.1, 0.15) is 6.04 Å². The first-order valence-electron chi connectivity index (χ1n) is 19.1. The number of allylic oxidation sites excluding steroid dienone is 3. The van der Waals surface area contributed by atoms with Crippen LogP contribution in [-0.2, 0) is 20.8 Å². The smallest absolute Gasteiger partial charge is 0.310 e. The molecule has 4 rings (SSSR count). The third-order valence-corrected chi connectivity index (χ3v) is 11.0. The van der Waals surface area contributed by atoms with E-state index in [0.29, 0.717) is 12.5 Å². The zero-order valence-corrected chi connectivity index (χ0v) is 31.1. The van der Waals surface area contributed by atoms with Gasteiger partial charge in [0.15, 0.2) is 0 Å². The van der Waals surface area contributed by atoms with Gasteiger partial charge in [0.2, 0.25) is 5.91 Å². The molecule has 51 heavy (non-hydrogen) atoms. The molecule has 0 spiro atoms. The molecular formula is C43H60N4O4.